The van der Waals surface area contributed by atoms with Crippen LogP contribution in [0.15, 0.2) is 5.16 Å². The second-order valence-corrected chi connectivity index (χ2v) is 3.54. The van der Waals surface area contributed by atoms with E-state index in [0.717, 1.165) is 0 Å². The van der Waals surface area contributed by atoms with Crippen molar-refractivity contribution in [1.29, 1.82) is 0 Å². The number of halogens is 3. The van der Waals surface area contributed by atoms with Crippen LogP contribution in [-0.4, -0.2) is 55.2 Å². The third kappa shape index (κ3) is 5.38. The van der Waals surface area contributed by atoms with Crippen molar-refractivity contribution < 1.29 is 23.2 Å². The number of nitrogens with zero attached hydrogens (tertiary/aromatic N) is 2. The maximum absolute atomic E-state index is 12.4. The van der Waals surface area contributed by atoms with E-state index in [0.29, 0.717) is 0 Å². The predicted molar refractivity (Wildman–Crippen MR) is 54.5 cm³/mol. The Hall–Kier alpha value is -1.51. The Morgan fingerprint density at radius 2 is 2.06 bits per heavy atom. The third-order valence-electron chi connectivity index (χ3n) is 1.99. The average Bonchev–Trinajstić information content (AvgIpc) is 2.21. The summed E-state index contributed by atoms with van der Waals surface area (Å²) in [5.41, 5.74) is 4.92. The molecule has 0 fully saturated rings. The van der Waals surface area contributed by atoms with Crippen molar-refractivity contribution in [3.63, 3.8) is 0 Å². The SMILES string of the molecule is CN(C)C(=O)CNCC(C(N)=NO)C(F)(F)F. The Bertz CT molecular complexity index is 291. The second-order valence-electron chi connectivity index (χ2n) is 3.54. The normalized spacial score (nSPS) is 14.5. The van der Waals surface area contributed by atoms with E-state index in [9.17, 15) is 18.0 Å². The lowest BCUT2D eigenvalue weighted by atomic mass is 10.1. The molecule has 0 aromatic carbocycles. The van der Waals surface area contributed by atoms with Crippen LogP contribution in [0.5, 0.6) is 0 Å². The van der Waals surface area contributed by atoms with Gasteiger partial charge in [0.1, 0.15) is 5.92 Å². The van der Waals surface area contributed by atoms with Crippen molar-refractivity contribution in [2.75, 3.05) is 27.2 Å². The molecule has 17 heavy (non-hydrogen) atoms. The van der Waals surface area contributed by atoms with Gasteiger partial charge in [-0.05, 0) is 0 Å². The minimum Gasteiger partial charge on any atom is -0.409 e. The number of likely N-dealkylation sites (N-methyl/N-ethyl adjacent to an activating group) is 1. The highest BCUT2D eigenvalue weighted by Crippen LogP contribution is 2.25. The third-order valence-corrected chi connectivity index (χ3v) is 1.99. The van der Waals surface area contributed by atoms with Gasteiger partial charge in [-0.2, -0.15) is 13.2 Å². The molecule has 9 heteroatoms. The number of nitrogens with two attached hydrogens (primary N) is 1. The largest absolute Gasteiger partial charge is 0.409 e. The summed E-state index contributed by atoms with van der Waals surface area (Å²) in [4.78, 5) is 12.3. The second kappa shape index (κ2) is 6.28. The molecule has 0 aromatic heterocycles. The number of alkyl halides is 3. The molecule has 0 rings (SSSR count). The zero-order valence-corrected chi connectivity index (χ0v) is 9.45. The molecule has 0 aromatic rings. The van der Waals surface area contributed by atoms with Crippen molar-refractivity contribution in [3.8, 4) is 0 Å². The Kier molecular flexibility index (Phi) is 5.72. The zero-order valence-electron chi connectivity index (χ0n) is 9.45. The molecule has 0 aliphatic carbocycles. The van der Waals surface area contributed by atoms with E-state index < -0.39 is 24.5 Å². The zero-order chi connectivity index (χ0) is 13.6. The summed E-state index contributed by atoms with van der Waals surface area (Å²) in [6.07, 6.45) is -4.63. The first-order valence-electron chi connectivity index (χ1n) is 4.65. The number of nitrogens with one attached hydrogen (secondary N) is 1. The van der Waals surface area contributed by atoms with Crippen LogP contribution in [0.25, 0.3) is 0 Å². The standard InChI is InChI=1S/C8H15F3N4O2/c1-15(2)6(16)4-13-3-5(7(12)14-17)8(9,10)11/h5,13,17H,3-4H2,1-2H3,(H2,12,14). The Morgan fingerprint density at radius 3 is 2.41 bits per heavy atom. The van der Waals surface area contributed by atoms with E-state index in [2.05, 4.69) is 10.5 Å². The maximum atomic E-state index is 12.4. The Balaban J connectivity index is 4.35. The predicted octanol–water partition coefficient (Wildman–Crippen LogP) is -0.411. The van der Waals surface area contributed by atoms with E-state index in [1.165, 1.54) is 19.0 Å². The molecular formula is C8H15F3N4O2. The molecule has 0 heterocycles. The van der Waals surface area contributed by atoms with Crippen molar-refractivity contribution in [1.82, 2.24) is 10.2 Å². The fraction of sp³-hybridized carbons (Fsp3) is 0.750. The molecule has 100 valence electrons. The van der Waals surface area contributed by atoms with Gasteiger partial charge in [0.15, 0.2) is 5.84 Å². The summed E-state index contributed by atoms with van der Waals surface area (Å²) in [5, 5.41) is 12.9. The maximum Gasteiger partial charge on any atom is 0.400 e. The van der Waals surface area contributed by atoms with Gasteiger partial charge in [-0.1, -0.05) is 5.16 Å². The van der Waals surface area contributed by atoms with E-state index >= 15 is 0 Å². The number of hydrogen-bond donors (Lipinski definition) is 3. The minimum absolute atomic E-state index is 0.252. The number of carbonyl (C=O) groups is 1. The van der Waals surface area contributed by atoms with Crippen molar-refractivity contribution >= 4 is 11.7 Å². The minimum atomic E-state index is -4.63. The van der Waals surface area contributed by atoms with Gasteiger partial charge >= 0.3 is 6.18 Å². The van der Waals surface area contributed by atoms with Gasteiger partial charge in [0, 0.05) is 20.6 Å². The molecule has 4 N–H and O–H groups in total. The van der Waals surface area contributed by atoms with Gasteiger partial charge in [0.25, 0.3) is 0 Å². The lowest BCUT2D eigenvalue weighted by Gasteiger charge is -2.19. The van der Waals surface area contributed by atoms with Gasteiger partial charge < -0.3 is 21.2 Å². The van der Waals surface area contributed by atoms with Gasteiger partial charge in [0.2, 0.25) is 5.91 Å². The number of rotatable bonds is 5. The Morgan fingerprint density at radius 1 is 1.53 bits per heavy atom. The lowest BCUT2D eigenvalue weighted by Crippen LogP contribution is -2.45. The van der Waals surface area contributed by atoms with Crippen LogP contribution >= 0.6 is 0 Å². The number of hydrogen-bond acceptors (Lipinski definition) is 4. The number of amidine groups is 1. The summed E-state index contributed by atoms with van der Waals surface area (Å²) < 4.78 is 37.3. The highest BCUT2D eigenvalue weighted by molar-refractivity contribution is 5.83. The fourth-order valence-electron chi connectivity index (χ4n) is 0.939. The van der Waals surface area contributed by atoms with Gasteiger partial charge in [-0.15, -0.1) is 0 Å². The molecule has 0 saturated carbocycles. The van der Waals surface area contributed by atoms with Crippen LogP contribution in [0, 0.1) is 5.92 Å². The molecular weight excluding hydrogens is 241 g/mol. The summed E-state index contributed by atoms with van der Waals surface area (Å²) in [5.74, 6) is -3.44. The quantitative estimate of drug-likeness (QED) is 0.270. The molecule has 0 spiro atoms. The lowest BCUT2D eigenvalue weighted by molar-refractivity contribution is -0.155. The van der Waals surface area contributed by atoms with E-state index in [1.54, 1.807) is 0 Å². The molecule has 0 aliphatic heterocycles. The first kappa shape index (κ1) is 15.5. The van der Waals surface area contributed by atoms with E-state index in [-0.39, 0.29) is 12.5 Å². The summed E-state index contributed by atoms with van der Waals surface area (Å²) >= 11 is 0. The van der Waals surface area contributed by atoms with Crippen LogP contribution in [-0.2, 0) is 4.79 Å². The Labute approximate surface area is 96.2 Å². The topological polar surface area (TPSA) is 91.0 Å². The molecule has 0 radical (unpaired) electrons. The van der Waals surface area contributed by atoms with Crippen molar-refractivity contribution in [2.24, 2.45) is 16.8 Å². The highest BCUT2D eigenvalue weighted by atomic mass is 19.4. The summed E-state index contributed by atoms with van der Waals surface area (Å²) in [6, 6.07) is 0. The van der Waals surface area contributed by atoms with Gasteiger partial charge in [-0.3, -0.25) is 4.79 Å². The van der Waals surface area contributed by atoms with Crippen molar-refractivity contribution in [3.05, 3.63) is 0 Å². The molecule has 6 nitrogen and oxygen atoms in total. The van der Waals surface area contributed by atoms with Crippen LogP contribution < -0.4 is 11.1 Å². The highest BCUT2D eigenvalue weighted by Gasteiger charge is 2.42. The smallest absolute Gasteiger partial charge is 0.400 e. The van der Waals surface area contributed by atoms with Crippen LogP contribution in [0.2, 0.25) is 0 Å². The fourth-order valence-corrected chi connectivity index (χ4v) is 0.939. The van der Waals surface area contributed by atoms with Crippen LogP contribution in [0.4, 0.5) is 13.2 Å². The van der Waals surface area contributed by atoms with Crippen LogP contribution in [0.1, 0.15) is 0 Å². The summed E-state index contributed by atoms with van der Waals surface area (Å²) in [6.45, 7) is -0.878. The number of oxime groups is 1. The number of amides is 1. The van der Waals surface area contributed by atoms with Crippen molar-refractivity contribution in [2.45, 2.75) is 6.18 Å². The van der Waals surface area contributed by atoms with Gasteiger partial charge in [0.05, 0.1) is 6.54 Å². The van der Waals surface area contributed by atoms with E-state index in [4.69, 9.17) is 10.9 Å². The van der Waals surface area contributed by atoms with Gasteiger partial charge in [-0.25, -0.2) is 0 Å². The average molecular weight is 256 g/mol. The van der Waals surface area contributed by atoms with Crippen LogP contribution in [0.3, 0.4) is 0 Å². The summed E-state index contributed by atoms with van der Waals surface area (Å²) in [7, 11) is 2.96. The first-order valence-corrected chi connectivity index (χ1v) is 4.65. The molecule has 0 saturated heterocycles. The monoisotopic (exact) mass is 256 g/mol. The molecule has 1 atom stereocenters. The molecule has 1 unspecified atom stereocenters. The van der Waals surface area contributed by atoms with E-state index in [1.807, 2.05) is 0 Å². The molecule has 0 aliphatic rings. The first-order chi connectivity index (χ1) is 7.70. The molecule has 1 amide bonds. The number of carbonyl (C=O) groups excluding carboxylic acids is 1. The molecule has 0 bridgehead atoms.